The number of nitrogens with one attached hydrogen (secondary N) is 1. The Morgan fingerprint density at radius 3 is 2.71 bits per heavy atom. The van der Waals surface area contributed by atoms with Gasteiger partial charge in [0.15, 0.2) is 0 Å². The van der Waals surface area contributed by atoms with Gasteiger partial charge in [-0.25, -0.2) is 4.79 Å². The fraction of sp³-hybridized carbons (Fsp3) is 0.800. The summed E-state index contributed by atoms with van der Waals surface area (Å²) in [5.74, 6) is 2.65. The molecule has 0 aromatic heterocycles. The summed E-state index contributed by atoms with van der Waals surface area (Å²) in [6.07, 6.45) is 5.38. The normalized spacial score (nSPS) is 26.1. The molecule has 118 valence electrons. The summed E-state index contributed by atoms with van der Waals surface area (Å²) in [5, 5.41) is 3.06. The second kappa shape index (κ2) is 7.64. The third kappa shape index (κ3) is 4.60. The number of carbonyl (C=O) groups is 1. The van der Waals surface area contributed by atoms with Crippen molar-refractivity contribution in [1.82, 2.24) is 20.0 Å². The Bertz CT molecular complexity index is 388. The Morgan fingerprint density at radius 2 is 2.10 bits per heavy atom. The lowest BCUT2D eigenvalue weighted by molar-refractivity contribution is -0.0341. The number of rotatable bonds is 3. The van der Waals surface area contributed by atoms with Crippen LogP contribution in [0, 0.1) is 12.3 Å². The molecule has 21 heavy (non-hydrogen) atoms. The summed E-state index contributed by atoms with van der Waals surface area (Å²) in [7, 11) is 2.08. The monoisotopic (exact) mass is 294 g/mol. The quantitative estimate of drug-likeness (QED) is 0.724. The molecule has 2 atom stereocenters. The molecule has 2 aliphatic heterocycles. The van der Waals surface area contributed by atoms with Gasteiger partial charge in [0.05, 0.1) is 25.3 Å². The number of piperazine rings is 1. The number of urea groups is 1. The van der Waals surface area contributed by atoms with Crippen molar-refractivity contribution in [1.29, 1.82) is 0 Å². The van der Waals surface area contributed by atoms with Crippen molar-refractivity contribution < 1.29 is 9.53 Å². The molecule has 2 amide bonds. The number of hydrogen-bond donors (Lipinski definition) is 1. The van der Waals surface area contributed by atoms with E-state index >= 15 is 0 Å². The standard InChI is InChI=1S/C15H26N4O2/c1-4-5-18-6-8-19(9-7-18)15(20)16-13(2)14-12-17(3)10-11-21-14/h1,13-14H,5-12H2,2-3H3,(H,16,20)/t13-,14-/m1/s1. The van der Waals surface area contributed by atoms with Gasteiger partial charge in [-0.2, -0.15) is 0 Å². The Kier molecular flexibility index (Phi) is 5.85. The predicted molar refractivity (Wildman–Crippen MR) is 82.1 cm³/mol. The van der Waals surface area contributed by atoms with E-state index in [1.807, 2.05) is 11.8 Å². The third-order valence-electron chi connectivity index (χ3n) is 4.18. The van der Waals surface area contributed by atoms with Crippen LogP contribution in [0.25, 0.3) is 0 Å². The molecule has 0 aliphatic carbocycles. The molecule has 2 fully saturated rings. The molecule has 0 saturated carbocycles. The van der Waals surface area contributed by atoms with E-state index in [0.29, 0.717) is 6.54 Å². The fourth-order valence-electron chi connectivity index (χ4n) is 2.73. The molecule has 0 radical (unpaired) electrons. The highest BCUT2D eigenvalue weighted by Gasteiger charge is 2.27. The molecular weight excluding hydrogens is 268 g/mol. The summed E-state index contributed by atoms with van der Waals surface area (Å²) in [5.41, 5.74) is 0. The largest absolute Gasteiger partial charge is 0.373 e. The highest BCUT2D eigenvalue weighted by Crippen LogP contribution is 2.08. The fourth-order valence-corrected chi connectivity index (χ4v) is 2.73. The SMILES string of the molecule is C#CCN1CCN(C(=O)N[C@H](C)[C@H]2CN(C)CCO2)CC1. The van der Waals surface area contributed by atoms with Crippen molar-refractivity contribution in [3.63, 3.8) is 0 Å². The molecule has 2 aliphatic rings. The van der Waals surface area contributed by atoms with Crippen LogP contribution in [-0.2, 0) is 4.74 Å². The Hall–Kier alpha value is -1.29. The first-order valence-electron chi connectivity index (χ1n) is 7.61. The molecule has 6 nitrogen and oxygen atoms in total. The lowest BCUT2D eigenvalue weighted by Gasteiger charge is -2.37. The van der Waals surface area contributed by atoms with Crippen molar-refractivity contribution >= 4 is 6.03 Å². The van der Waals surface area contributed by atoms with Gasteiger partial charge in [0.2, 0.25) is 0 Å². The highest BCUT2D eigenvalue weighted by atomic mass is 16.5. The zero-order valence-corrected chi connectivity index (χ0v) is 13.0. The average molecular weight is 294 g/mol. The van der Waals surface area contributed by atoms with E-state index in [2.05, 4.69) is 28.1 Å². The van der Waals surface area contributed by atoms with Gasteiger partial charge in [-0.3, -0.25) is 4.90 Å². The lowest BCUT2D eigenvalue weighted by Crippen LogP contribution is -2.57. The first-order valence-corrected chi connectivity index (χ1v) is 7.61. The summed E-state index contributed by atoms with van der Waals surface area (Å²) in [4.78, 5) is 18.6. The van der Waals surface area contributed by atoms with E-state index in [9.17, 15) is 4.79 Å². The van der Waals surface area contributed by atoms with Crippen molar-refractivity contribution in [3.05, 3.63) is 0 Å². The van der Waals surface area contributed by atoms with E-state index in [4.69, 9.17) is 11.2 Å². The van der Waals surface area contributed by atoms with E-state index in [0.717, 1.165) is 45.9 Å². The van der Waals surface area contributed by atoms with Crippen LogP contribution in [0.5, 0.6) is 0 Å². The number of morpholine rings is 1. The molecule has 0 unspecified atom stereocenters. The first-order chi connectivity index (χ1) is 10.1. The molecule has 0 spiro atoms. The first kappa shape index (κ1) is 16.1. The Balaban J connectivity index is 1.75. The van der Waals surface area contributed by atoms with Crippen LogP contribution in [0.1, 0.15) is 6.92 Å². The van der Waals surface area contributed by atoms with Gasteiger partial charge in [0.1, 0.15) is 0 Å². The summed E-state index contributed by atoms with van der Waals surface area (Å²) >= 11 is 0. The molecule has 1 N–H and O–H groups in total. The minimum absolute atomic E-state index is 0.000292. The molecule has 2 rings (SSSR count). The van der Waals surface area contributed by atoms with Crippen LogP contribution < -0.4 is 5.32 Å². The molecule has 0 aromatic rings. The van der Waals surface area contributed by atoms with E-state index in [1.165, 1.54) is 0 Å². The van der Waals surface area contributed by atoms with Gasteiger partial charge < -0.3 is 19.9 Å². The maximum atomic E-state index is 12.3. The highest BCUT2D eigenvalue weighted by molar-refractivity contribution is 5.74. The smallest absolute Gasteiger partial charge is 0.317 e. The van der Waals surface area contributed by atoms with Crippen molar-refractivity contribution in [2.45, 2.75) is 19.1 Å². The zero-order valence-electron chi connectivity index (χ0n) is 13.0. The number of nitrogens with zero attached hydrogens (tertiary/aromatic N) is 3. The average Bonchev–Trinajstić information content (AvgIpc) is 2.48. The van der Waals surface area contributed by atoms with Crippen molar-refractivity contribution in [3.8, 4) is 12.3 Å². The van der Waals surface area contributed by atoms with Crippen molar-refractivity contribution in [2.75, 3.05) is 59.5 Å². The molecule has 0 aromatic carbocycles. The maximum Gasteiger partial charge on any atom is 0.317 e. The molecule has 0 bridgehead atoms. The molecular formula is C15H26N4O2. The van der Waals surface area contributed by atoms with Crippen molar-refractivity contribution in [2.24, 2.45) is 0 Å². The number of terminal acetylenes is 1. The number of carbonyl (C=O) groups excluding carboxylic acids is 1. The van der Waals surface area contributed by atoms with Crippen LogP contribution in [0.4, 0.5) is 4.79 Å². The second-order valence-corrected chi connectivity index (χ2v) is 5.88. The minimum Gasteiger partial charge on any atom is -0.373 e. The molecule has 2 saturated heterocycles. The maximum absolute atomic E-state index is 12.3. The van der Waals surface area contributed by atoms with E-state index in [1.54, 1.807) is 0 Å². The molecule has 2 heterocycles. The van der Waals surface area contributed by atoms with Gasteiger partial charge >= 0.3 is 6.03 Å². The second-order valence-electron chi connectivity index (χ2n) is 5.88. The van der Waals surface area contributed by atoms with Crippen LogP contribution in [0.3, 0.4) is 0 Å². The summed E-state index contributed by atoms with van der Waals surface area (Å²) < 4.78 is 5.74. The Labute approximate surface area is 127 Å². The third-order valence-corrected chi connectivity index (χ3v) is 4.18. The van der Waals surface area contributed by atoms with Gasteiger partial charge in [0, 0.05) is 39.3 Å². The van der Waals surface area contributed by atoms with Crippen LogP contribution in [0.15, 0.2) is 0 Å². The number of likely N-dealkylation sites (N-methyl/N-ethyl adjacent to an activating group) is 1. The number of hydrogen-bond acceptors (Lipinski definition) is 4. The summed E-state index contributed by atoms with van der Waals surface area (Å²) in [6.45, 7) is 8.35. The van der Waals surface area contributed by atoms with Gasteiger partial charge in [-0.05, 0) is 14.0 Å². The number of ether oxygens (including phenoxy) is 1. The van der Waals surface area contributed by atoms with Gasteiger partial charge in [-0.1, -0.05) is 5.92 Å². The van der Waals surface area contributed by atoms with Crippen LogP contribution in [0.2, 0.25) is 0 Å². The number of amides is 2. The van der Waals surface area contributed by atoms with Gasteiger partial charge in [-0.15, -0.1) is 6.42 Å². The topological polar surface area (TPSA) is 48.0 Å². The molecule has 6 heteroatoms. The van der Waals surface area contributed by atoms with Gasteiger partial charge in [0.25, 0.3) is 0 Å². The Morgan fingerprint density at radius 1 is 1.38 bits per heavy atom. The zero-order chi connectivity index (χ0) is 15.2. The minimum atomic E-state index is -0.000292. The predicted octanol–water partition coefficient (Wildman–Crippen LogP) is -0.334. The van der Waals surface area contributed by atoms with Crippen LogP contribution >= 0.6 is 0 Å². The van der Waals surface area contributed by atoms with Crippen LogP contribution in [-0.4, -0.2) is 92.3 Å². The lowest BCUT2D eigenvalue weighted by atomic mass is 10.1. The van der Waals surface area contributed by atoms with E-state index < -0.39 is 0 Å². The van der Waals surface area contributed by atoms with E-state index in [-0.39, 0.29) is 18.2 Å². The summed E-state index contributed by atoms with van der Waals surface area (Å²) in [6, 6.07) is 0.0173.